The van der Waals surface area contributed by atoms with Gasteiger partial charge in [-0.25, -0.2) is 9.97 Å². The highest BCUT2D eigenvalue weighted by atomic mass is 16.4. The van der Waals surface area contributed by atoms with Gasteiger partial charge < -0.3 is 5.11 Å². The van der Waals surface area contributed by atoms with E-state index in [1.165, 1.54) is 32.1 Å². The number of carboxylic acid groups (broad SMARTS) is 1. The average Bonchev–Trinajstić information content (AvgIpc) is 3.14. The summed E-state index contributed by atoms with van der Waals surface area (Å²) in [6.07, 6.45) is 13.6. The van der Waals surface area contributed by atoms with Crippen molar-refractivity contribution in [3.8, 4) is 0 Å². The van der Waals surface area contributed by atoms with Gasteiger partial charge in [-0.15, -0.1) is 0 Å². The second-order valence-electron chi connectivity index (χ2n) is 7.82. The molecule has 2 fully saturated rings. The Morgan fingerprint density at radius 2 is 1.89 bits per heavy atom. The molecule has 2 atom stereocenters. The van der Waals surface area contributed by atoms with E-state index < -0.39 is 11.9 Å². The van der Waals surface area contributed by atoms with Crippen molar-refractivity contribution in [2.75, 3.05) is 13.1 Å². The molecule has 4 rings (SSSR count). The molecule has 1 saturated carbocycles. The molecule has 0 amide bonds. The van der Waals surface area contributed by atoms with Gasteiger partial charge in [-0.1, -0.05) is 25.3 Å². The van der Waals surface area contributed by atoms with Crippen LogP contribution in [0.5, 0.6) is 0 Å². The van der Waals surface area contributed by atoms with Crippen molar-refractivity contribution in [3.63, 3.8) is 0 Å². The zero-order valence-electron chi connectivity index (χ0n) is 15.5. The van der Waals surface area contributed by atoms with E-state index in [9.17, 15) is 9.90 Å². The first-order valence-corrected chi connectivity index (χ1v) is 9.86. The maximum Gasteiger partial charge on any atom is 0.308 e. The standard InChI is InChI=1S/C21H26N4O2/c26-21(27)19-14-25(13-18(19)17-7-4-8-22-11-17)12-15-9-23-20(24-10-15)16-5-2-1-3-6-16/h4,7-11,16,18-19H,1-3,5-6,12-14H2,(H,26,27)/t18-,19+/m0/s1. The van der Waals surface area contributed by atoms with Crippen molar-refractivity contribution in [1.82, 2.24) is 19.9 Å². The molecule has 0 aromatic carbocycles. The lowest BCUT2D eigenvalue weighted by Gasteiger charge is -2.20. The Labute approximate surface area is 159 Å². The summed E-state index contributed by atoms with van der Waals surface area (Å²) in [6, 6.07) is 3.84. The molecule has 2 aliphatic rings. The van der Waals surface area contributed by atoms with Crippen LogP contribution in [0.25, 0.3) is 0 Å². The van der Waals surface area contributed by atoms with Gasteiger partial charge in [-0.2, -0.15) is 0 Å². The third-order valence-corrected chi connectivity index (χ3v) is 5.93. The van der Waals surface area contributed by atoms with Crippen molar-refractivity contribution < 1.29 is 9.90 Å². The Kier molecular flexibility index (Phi) is 5.43. The summed E-state index contributed by atoms with van der Waals surface area (Å²) in [5.41, 5.74) is 2.04. The van der Waals surface area contributed by atoms with Crippen LogP contribution >= 0.6 is 0 Å². The summed E-state index contributed by atoms with van der Waals surface area (Å²) in [5, 5.41) is 9.64. The van der Waals surface area contributed by atoms with Crippen LogP contribution in [0.15, 0.2) is 36.9 Å². The Hall–Kier alpha value is -2.34. The van der Waals surface area contributed by atoms with E-state index in [1.54, 1.807) is 12.4 Å². The highest BCUT2D eigenvalue weighted by Gasteiger charge is 2.38. The molecule has 0 radical (unpaired) electrons. The lowest BCUT2D eigenvalue weighted by molar-refractivity contribution is -0.141. The Morgan fingerprint density at radius 1 is 1.11 bits per heavy atom. The average molecular weight is 366 g/mol. The highest BCUT2D eigenvalue weighted by molar-refractivity contribution is 5.72. The first-order valence-electron chi connectivity index (χ1n) is 9.86. The molecule has 1 N–H and O–H groups in total. The van der Waals surface area contributed by atoms with Gasteiger partial charge in [0, 0.05) is 61.8 Å². The molecule has 2 aromatic rings. The van der Waals surface area contributed by atoms with Crippen LogP contribution in [0.3, 0.4) is 0 Å². The van der Waals surface area contributed by atoms with Crippen LogP contribution in [0.4, 0.5) is 0 Å². The minimum Gasteiger partial charge on any atom is -0.481 e. The van der Waals surface area contributed by atoms with Crippen LogP contribution in [0, 0.1) is 5.92 Å². The minimum absolute atomic E-state index is 0.0290. The predicted molar refractivity (Wildman–Crippen MR) is 101 cm³/mol. The third kappa shape index (κ3) is 4.16. The van der Waals surface area contributed by atoms with E-state index in [1.807, 2.05) is 24.5 Å². The molecular formula is C21H26N4O2. The summed E-state index contributed by atoms with van der Waals surface area (Å²) in [5.74, 6) is 0.299. The van der Waals surface area contributed by atoms with Crippen LogP contribution < -0.4 is 0 Å². The Balaban J connectivity index is 1.42. The van der Waals surface area contributed by atoms with Gasteiger partial charge in [0.05, 0.1) is 5.92 Å². The lowest BCUT2D eigenvalue weighted by Crippen LogP contribution is -2.23. The first kappa shape index (κ1) is 18.0. The van der Waals surface area contributed by atoms with E-state index in [0.29, 0.717) is 25.6 Å². The van der Waals surface area contributed by atoms with Gasteiger partial charge in [-0.05, 0) is 24.5 Å². The number of likely N-dealkylation sites (tertiary alicyclic amines) is 1. The molecule has 1 aliphatic heterocycles. The Bertz CT molecular complexity index is 760. The monoisotopic (exact) mass is 366 g/mol. The van der Waals surface area contributed by atoms with Crippen LogP contribution in [-0.2, 0) is 11.3 Å². The van der Waals surface area contributed by atoms with Gasteiger partial charge >= 0.3 is 5.97 Å². The number of hydrogen-bond donors (Lipinski definition) is 1. The second-order valence-corrected chi connectivity index (χ2v) is 7.82. The topological polar surface area (TPSA) is 79.2 Å². The third-order valence-electron chi connectivity index (χ3n) is 5.93. The van der Waals surface area contributed by atoms with Gasteiger partial charge in [0.1, 0.15) is 5.82 Å². The van der Waals surface area contributed by atoms with E-state index in [2.05, 4.69) is 19.9 Å². The van der Waals surface area contributed by atoms with Crippen LogP contribution in [0.2, 0.25) is 0 Å². The normalized spacial score (nSPS) is 24.1. The maximum atomic E-state index is 11.7. The number of rotatable bonds is 5. The number of carbonyl (C=O) groups is 1. The predicted octanol–water partition coefficient (Wildman–Crippen LogP) is 3.22. The number of aliphatic carboxylic acids is 1. The molecule has 0 unspecified atom stereocenters. The summed E-state index contributed by atoms with van der Waals surface area (Å²) in [7, 11) is 0. The van der Waals surface area contributed by atoms with Gasteiger partial charge in [0.2, 0.25) is 0 Å². The van der Waals surface area contributed by atoms with Crippen molar-refractivity contribution in [3.05, 3.63) is 53.9 Å². The van der Waals surface area contributed by atoms with E-state index >= 15 is 0 Å². The smallest absolute Gasteiger partial charge is 0.308 e. The largest absolute Gasteiger partial charge is 0.481 e. The zero-order chi connectivity index (χ0) is 18.6. The van der Waals surface area contributed by atoms with Crippen molar-refractivity contribution in [2.24, 2.45) is 5.92 Å². The summed E-state index contributed by atoms with van der Waals surface area (Å²) >= 11 is 0. The first-order chi connectivity index (χ1) is 13.2. The molecule has 27 heavy (non-hydrogen) atoms. The summed E-state index contributed by atoms with van der Waals surface area (Å²) in [6.45, 7) is 1.94. The molecule has 142 valence electrons. The van der Waals surface area contributed by atoms with Crippen LogP contribution in [0.1, 0.15) is 60.9 Å². The SMILES string of the molecule is O=C(O)[C@@H]1CN(Cc2cnc(C3CCCCC3)nc2)C[C@H]1c1cccnc1. The van der Waals surface area contributed by atoms with Crippen LogP contribution in [-0.4, -0.2) is 44.0 Å². The molecule has 2 aromatic heterocycles. The summed E-state index contributed by atoms with van der Waals surface area (Å²) in [4.78, 5) is 27.3. The van der Waals surface area contributed by atoms with E-state index in [-0.39, 0.29) is 5.92 Å². The molecule has 0 bridgehead atoms. The molecular weight excluding hydrogens is 340 g/mol. The van der Waals surface area contributed by atoms with Crippen molar-refractivity contribution >= 4 is 5.97 Å². The van der Waals surface area contributed by atoms with E-state index in [0.717, 1.165) is 17.0 Å². The maximum absolute atomic E-state index is 11.7. The fraction of sp³-hybridized carbons (Fsp3) is 0.524. The van der Waals surface area contributed by atoms with Gasteiger partial charge in [0.15, 0.2) is 0 Å². The number of hydrogen-bond acceptors (Lipinski definition) is 5. The molecule has 3 heterocycles. The quantitative estimate of drug-likeness (QED) is 0.875. The summed E-state index contributed by atoms with van der Waals surface area (Å²) < 4.78 is 0. The molecule has 1 aliphatic carbocycles. The number of aromatic nitrogens is 3. The minimum atomic E-state index is -0.741. The number of carboxylic acids is 1. The van der Waals surface area contributed by atoms with Gasteiger partial charge in [-0.3, -0.25) is 14.7 Å². The van der Waals surface area contributed by atoms with E-state index in [4.69, 9.17) is 0 Å². The number of nitrogens with zero attached hydrogens (tertiary/aromatic N) is 4. The van der Waals surface area contributed by atoms with Crippen molar-refractivity contribution in [1.29, 1.82) is 0 Å². The fourth-order valence-electron chi connectivity index (χ4n) is 4.47. The highest BCUT2D eigenvalue weighted by Crippen LogP contribution is 2.34. The fourth-order valence-corrected chi connectivity index (χ4v) is 4.47. The molecule has 0 spiro atoms. The molecule has 6 nitrogen and oxygen atoms in total. The molecule has 1 saturated heterocycles. The zero-order valence-corrected chi connectivity index (χ0v) is 15.5. The second kappa shape index (κ2) is 8.13. The Morgan fingerprint density at radius 3 is 2.56 bits per heavy atom. The van der Waals surface area contributed by atoms with Crippen molar-refractivity contribution in [2.45, 2.75) is 50.5 Å². The number of pyridine rings is 1. The van der Waals surface area contributed by atoms with Gasteiger partial charge in [0.25, 0.3) is 0 Å². The lowest BCUT2D eigenvalue weighted by atomic mass is 9.89. The molecule has 6 heteroatoms.